The topological polar surface area (TPSA) is 68.9 Å². The first-order chi connectivity index (χ1) is 8.97. The van der Waals surface area contributed by atoms with Crippen LogP contribution in [0, 0.1) is 13.8 Å². The lowest BCUT2D eigenvalue weighted by molar-refractivity contribution is -0.116. The van der Waals surface area contributed by atoms with Crippen molar-refractivity contribution in [3.8, 4) is 0 Å². The molecule has 0 aromatic carbocycles. The van der Waals surface area contributed by atoms with Gasteiger partial charge in [0.05, 0.1) is 11.9 Å². The molecule has 2 aromatic rings. The Morgan fingerprint density at radius 3 is 2.74 bits per heavy atom. The highest BCUT2D eigenvalue weighted by molar-refractivity contribution is 7.09. The van der Waals surface area contributed by atoms with Gasteiger partial charge in [0.25, 0.3) is 0 Å². The molecule has 0 saturated carbocycles. The summed E-state index contributed by atoms with van der Waals surface area (Å²) in [5, 5.41) is 6.71. The van der Waals surface area contributed by atoms with Crippen molar-refractivity contribution in [3.05, 3.63) is 32.6 Å². The van der Waals surface area contributed by atoms with E-state index in [9.17, 15) is 9.59 Å². The van der Waals surface area contributed by atoms with Crippen LogP contribution in [0.3, 0.4) is 0 Å². The highest BCUT2D eigenvalue weighted by Crippen LogP contribution is 2.10. The summed E-state index contributed by atoms with van der Waals surface area (Å²) in [6.45, 7) is 4.21. The lowest BCUT2D eigenvalue weighted by Gasteiger charge is -2.05. The molecule has 1 amide bonds. The lowest BCUT2D eigenvalue weighted by atomic mass is 10.3. The second-order valence-corrected chi connectivity index (χ2v) is 5.53. The molecule has 0 radical (unpaired) electrons. The van der Waals surface area contributed by atoms with E-state index in [2.05, 4.69) is 10.4 Å². The summed E-state index contributed by atoms with van der Waals surface area (Å²) < 4.78 is 3.26. The molecule has 0 aliphatic heterocycles. The van der Waals surface area contributed by atoms with E-state index in [0.29, 0.717) is 12.2 Å². The minimum absolute atomic E-state index is 0.0100. The van der Waals surface area contributed by atoms with Gasteiger partial charge in [0, 0.05) is 36.8 Å². The van der Waals surface area contributed by atoms with Crippen molar-refractivity contribution in [1.82, 2.24) is 14.3 Å². The fraction of sp³-hybridized carbons (Fsp3) is 0.417. The standard InChI is InChI=1S/C12H16N4O2S/c1-8-9(2)19-12(18)16(8)5-4-11(17)14-10-6-13-15(3)7-10/h6-7H,4-5H2,1-3H3,(H,14,17). The van der Waals surface area contributed by atoms with Gasteiger partial charge >= 0.3 is 4.87 Å². The van der Waals surface area contributed by atoms with Gasteiger partial charge in [-0.05, 0) is 13.8 Å². The van der Waals surface area contributed by atoms with Gasteiger partial charge in [0.1, 0.15) is 0 Å². The van der Waals surface area contributed by atoms with Gasteiger partial charge < -0.3 is 9.88 Å². The van der Waals surface area contributed by atoms with Crippen LogP contribution in [0.4, 0.5) is 5.69 Å². The Bertz CT molecular complexity index is 653. The molecule has 2 rings (SSSR count). The lowest BCUT2D eigenvalue weighted by Crippen LogP contribution is -2.20. The molecule has 2 heterocycles. The molecule has 1 N–H and O–H groups in total. The molecule has 0 aliphatic rings. The Labute approximate surface area is 114 Å². The molecular formula is C12H16N4O2S. The molecule has 0 unspecified atom stereocenters. The van der Waals surface area contributed by atoms with E-state index in [4.69, 9.17) is 0 Å². The molecule has 6 nitrogen and oxygen atoms in total. The van der Waals surface area contributed by atoms with Gasteiger partial charge in [-0.1, -0.05) is 11.3 Å². The normalized spacial score (nSPS) is 10.7. The minimum atomic E-state index is -0.122. The molecular weight excluding hydrogens is 264 g/mol. The van der Waals surface area contributed by atoms with Crippen molar-refractivity contribution in [2.45, 2.75) is 26.8 Å². The average Bonchev–Trinajstić information content (AvgIpc) is 2.83. The van der Waals surface area contributed by atoms with Crippen molar-refractivity contribution in [3.63, 3.8) is 0 Å². The van der Waals surface area contributed by atoms with Crippen molar-refractivity contribution in [2.24, 2.45) is 7.05 Å². The molecule has 0 spiro atoms. The number of hydrogen-bond donors (Lipinski definition) is 1. The highest BCUT2D eigenvalue weighted by Gasteiger charge is 2.10. The first-order valence-corrected chi connectivity index (χ1v) is 6.74. The summed E-state index contributed by atoms with van der Waals surface area (Å²) in [4.78, 5) is 24.4. The molecule has 102 valence electrons. The number of amides is 1. The zero-order valence-corrected chi connectivity index (χ0v) is 12.0. The molecule has 0 bridgehead atoms. The number of aryl methyl sites for hydroxylation is 2. The van der Waals surface area contributed by atoms with Gasteiger partial charge in [-0.15, -0.1) is 0 Å². The second kappa shape index (κ2) is 5.40. The van der Waals surface area contributed by atoms with Gasteiger partial charge in [-0.2, -0.15) is 5.10 Å². The van der Waals surface area contributed by atoms with E-state index in [1.54, 1.807) is 28.7 Å². The molecule has 0 atom stereocenters. The highest BCUT2D eigenvalue weighted by atomic mass is 32.1. The summed E-state index contributed by atoms with van der Waals surface area (Å²) in [6.07, 6.45) is 3.58. The van der Waals surface area contributed by atoms with Crippen molar-refractivity contribution in [2.75, 3.05) is 5.32 Å². The number of aromatic nitrogens is 3. The van der Waals surface area contributed by atoms with Crippen LogP contribution in [-0.4, -0.2) is 20.3 Å². The van der Waals surface area contributed by atoms with Gasteiger partial charge in [0.2, 0.25) is 5.91 Å². The Hall–Kier alpha value is -1.89. The van der Waals surface area contributed by atoms with E-state index in [0.717, 1.165) is 10.6 Å². The maximum atomic E-state index is 11.8. The smallest absolute Gasteiger partial charge is 0.307 e. The Morgan fingerprint density at radius 1 is 1.47 bits per heavy atom. The first kappa shape index (κ1) is 13.5. The largest absolute Gasteiger partial charge is 0.323 e. The van der Waals surface area contributed by atoms with Crippen LogP contribution in [0.15, 0.2) is 17.2 Å². The molecule has 0 fully saturated rings. The number of nitrogens with one attached hydrogen (secondary N) is 1. The van der Waals surface area contributed by atoms with Gasteiger partial charge in [0.15, 0.2) is 0 Å². The summed E-state index contributed by atoms with van der Waals surface area (Å²) in [7, 11) is 1.78. The number of carbonyl (C=O) groups excluding carboxylic acids is 1. The maximum absolute atomic E-state index is 11.8. The van der Waals surface area contributed by atoms with Gasteiger partial charge in [-0.25, -0.2) is 0 Å². The SMILES string of the molecule is Cc1sc(=O)n(CCC(=O)Nc2cnn(C)c2)c1C. The van der Waals surface area contributed by atoms with Crippen LogP contribution < -0.4 is 10.2 Å². The summed E-state index contributed by atoms with van der Waals surface area (Å²) in [5.41, 5.74) is 1.60. The van der Waals surface area contributed by atoms with Gasteiger partial charge in [-0.3, -0.25) is 14.3 Å². The number of nitrogens with zero attached hydrogens (tertiary/aromatic N) is 3. The third-order valence-corrected chi connectivity index (χ3v) is 3.92. The monoisotopic (exact) mass is 280 g/mol. The molecule has 0 saturated heterocycles. The van der Waals surface area contributed by atoms with Crippen LogP contribution in [0.5, 0.6) is 0 Å². The van der Waals surface area contributed by atoms with Crippen LogP contribution >= 0.6 is 11.3 Å². The third-order valence-electron chi connectivity index (χ3n) is 2.93. The van der Waals surface area contributed by atoms with E-state index in [1.807, 2.05) is 13.8 Å². The van der Waals surface area contributed by atoms with E-state index < -0.39 is 0 Å². The van der Waals surface area contributed by atoms with Crippen LogP contribution in [-0.2, 0) is 18.4 Å². The van der Waals surface area contributed by atoms with Crippen LogP contribution in [0.1, 0.15) is 17.0 Å². The van der Waals surface area contributed by atoms with E-state index >= 15 is 0 Å². The number of carbonyl (C=O) groups is 1. The van der Waals surface area contributed by atoms with Crippen molar-refractivity contribution in [1.29, 1.82) is 0 Å². The maximum Gasteiger partial charge on any atom is 0.307 e. The summed E-state index contributed by atoms with van der Waals surface area (Å²) in [5.74, 6) is -0.122. The second-order valence-electron chi connectivity index (χ2n) is 4.36. The zero-order chi connectivity index (χ0) is 14.0. The van der Waals surface area contributed by atoms with Crippen LogP contribution in [0.2, 0.25) is 0 Å². The molecule has 0 aliphatic carbocycles. The van der Waals surface area contributed by atoms with E-state index in [-0.39, 0.29) is 17.2 Å². The van der Waals surface area contributed by atoms with Crippen molar-refractivity contribution >= 4 is 22.9 Å². The number of thiazole rings is 1. The Kier molecular flexibility index (Phi) is 3.84. The van der Waals surface area contributed by atoms with E-state index in [1.165, 1.54) is 11.3 Å². The zero-order valence-electron chi connectivity index (χ0n) is 11.1. The summed E-state index contributed by atoms with van der Waals surface area (Å²) in [6, 6.07) is 0. The predicted molar refractivity (Wildman–Crippen MR) is 74.5 cm³/mol. The molecule has 19 heavy (non-hydrogen) atoms. The number of anilines is 1. The fourth-order valence-corrected chi connectivity index (χ4v) is 2.63. The first-order valence-electron chi connectivity index (χ1n) is 5.92. The summed E-state index contributed by atoms with van der Waals surface area (Å²) >= 11 is 1.22. The Balaban J connectivity index is 1.95. The molecule has 7 heteroatoms. The third kappa shape index (κ3) is 3.11. The Morgan fingerprint density at radius 2 is 2.21 bits per heavy atom. The quantitative estimate of drug-likeness (QED) is 0.917. The van der Waals surface area contributed by atoms with Crippen LogP contribution in [0.25, 0.3) is 0 Å². The predicted octanol–water partition coefficient (Wildman–Crippen LogP) is 1.29. The fourth-order valence-electron chi connectivity index (χ4n) is 1.77. The number of rotatable bonds is 4. The molecule has 2 aromatic heterocycles. The average molecular weight is 280 g/mol. The number of hydrogen-bond acceptors (Lipinski definition) is 4. The van der Waals surface area contributed by atoms with Crippen molar-refractivity contribution < 1.29 is 4.79 Å². The minimum Gasteiger partial charge on any atom is -0.323 e.